The van der Waals surface area contributed by atoms with Crippen LogP contribution in [0.15, 0.2) is 0 Å². The van der Waals surface area contributed by atoms with Crippen LogP contribution in [-0.2, 0) is 9.59 Å². The lowest BCUT2D eigenvalue weighted by molar-refractivity contribution is -0.127. The summed E-state index contributed by atoms with van der Waals surface area (Å²) in [7, 11) is 0. The molecule has 1 aliphatic rings. The molecule has 1 aliphatic heterocycles. The van der Waals surface area contributed by atoms with Crippen molar-refractivity contribution >= 4 is 12.1 Å². The smallest absolute Gasteiger partial charge is 0.154 e. The molecule has 0 bridgehead atoms. The molecule has 3 nitrogen and oxygen atoms in total. The summed E-state index contributed by atoms with van der Waals surface area (Å²) in [5.74, 6) is -0.0353. The van der Waals surface area contributed by atoms with E-state index in [1.807, 2.05) is 4.90 Å². The lowest BCUT2D eigenvalue weighted by Crippen LogP contribution is -2.44. The van der Waals surface area contributed by atoms with Gasteiger partial charge in [-0.05, 0) is 32.9 Å². The third kappa shape index (κ3) is 2.14. The van der Waals surface area contributed by atoms with Gasteiger partial charge in [0.1, 0.15) is 12.3 Å². The van der Waals surface area contributed by atoms with Gasteiger partial charge in [-0.3, -0.25) is 9.69 Å². The lowest BCUT2D eigenvalue weighted by atomic mass is 10.1. The third-order valence-corrected chi connectivity index (χ3v) is 2.33. The fraction of sp³-hybridized carbons (Fsp3) is 0.778. The summed E-state index contributed by atoms with van der Waals surface area (Å²) in [5, 5.41) is 0. The van der Waals surface area contributed by atoms with E-state index < -0.39 is 6.04 Å². The molecule has 1 heterocycles. The van der Waals surface area contributed by atoms with Crippen molar-refractivity contribution in [2.45, 2.75) is 32.2 Å². The number of aldehydes is 1. The van der Waals surface area contributed by atoms with Crippen molar-refractivity contribution in [1.29, 1.82) is 0 Å². The van der Waals surface area contributed by atoms with Crippen molar-refractivity contribution in [1.82, 2.24) is 4.90 Å². The van der Waals surface area contributed by atoms with Crippen LogP contribution in [0.1, 0.15) is 26.2 Å². The number of hydrogen-bond donors (Lipinski definition) is 0. The molecule has 1 unspecified atom stereocenters. The molecule has 0 saturated carbocycles. The zero-order valence-corrected chi connectivity index (χ0v) is 7.45. The van der Waals surface area contributed by atoms with E-state index in [-0.39, 0.29) is 5.78 Å². The SMILES string of the molecule is CC(=O)C(C=O)N1CCCCC1. The molecular weight excluding hydrogens is 154 g/mol. The highest BCUT2D eigenvalue weighted by molar-refractivity contribution is 5.95. The second kappa shape index (κ2) is 4.36. The van der Waals surface area contributed by atoms with Crippen molar-refractivity contribution < 1.29 is 9.59 Å². The van der Waals surface area contributed by atoms with Gasteiger partial charge in [0, 0.05) is 0 Å². The summed E-state index contributed by atoms with van der Waals surface area (Å²) in [5.41, 5.74) is 0. The summed E-state index contributed by atoms with van der Waals surface area (Å²) in [4.78, 5) is 23.6. The highest BCUT2D eigenvalue weighted by Crippen LogP contribution is 2.11. The van der Waals surface area contributed by atoms with Gasteiger partial charge in [0.05, 0.1) is 0 Å². The Labute approximate surface area is 72.7 Å². The number of likely N-dealkylation sites (tertiary alicyclic amines) is 1. The highest BCUT2D eigenvalue weighted by Gasteiger charge is 2.23. The summed E-state index contributed by atoms with van der Waals surface area (Å²) in [6.07, 6.45) is 4.20. The van der Waals surface area contributed by atoms with E-state index in [0.29, 0.717) is 0 Å². The van der Waals surface area contributed by atoms with E-state index in [9.17, 15) is 9.59 Å². The van der Waals surface area contributed by atoms with Crippen LogP contribution in [0.25, 0.3) is 0 Å². The van der Waals surface area contributed by atoms with Crippen LogP contribution >= 0.6 is 0 Å². The normalized spacial score (nSPS) is 21.8. The number of rotatable bonds is 3. The molecule has 0 radical (unpaired) electrons. The first-order chi connectivity index (χ1) is 5.75. The molecule has 1 fully saturated rings. The van der Waals surface area contributed by atoms with E-state index >= 15 is 0 Å². The zero-order chi connectivity index (χ0) is 8.97. The number of carbonyl (C=O) groups excluding carboxylic acids is 2. The molecule has 3 heteroatoms. The van der Waals surface area contributed by atoms with Gasteiger partial charge in [-0.15, -0.1) is 0 Å². The second-order valence-corrected chi connectivity index (χ2v) is 3.29. The minimum Gasteiger partial charge on any atom is -0.301 e. The second-order valence-electron chi connectivity index (χ2n) is 3.29. The molecule has 0 aliphatic carbocycles. The van der Waals surface area contributed by atoms with Gasteiger partial charge >= 0.3 is 0 Å². The number of nitrogens with zero attached hydrogens (tertiary/aromatic N) is 1. The van der Waals surface area contributed by atoms with Crippen LogP contribution in [0.2, 0.25) is 0 Å². The Balaban J connectivity index is 2.51. The summed E-state index contributed by atoms with van der Waals surface area (Å²) in [6.45, 7) is 3.26. The Morgan fingerprint density at radius 1 is 1.33 bits per heavy atom. The van der Waals surface area contributed by atoms with E-state index in [1.165, 1.54) is 13.3 Å². The molecule has 1 atom stereocenters. The Hall–Kier alpha value is -0.700. The minimum absolute atomic E-state index is 0.0353. The van der Waals surface area contributed by atoms with Crippen LogP contribution in [0.4, 0.5) is 0 Å². The summed E-state index contributed by atoms with van der Waals surface area (Å²) in [6, 6.07) is -0.481. The molecule has 0 spiro atoms. The first-order valence-corrected chi connectivity index (χ1v) is 4.45. The van der Waals surface area contributed by atoms with E-state index in [0.717, 1.165) is 32.2 Å². The predicted octanol–water partition coefficient (Wildman–Crippen LogP) is 0.629. The van der Waals surface area contributed by atoms with Gasteiger partial charge in [-0.25, -0.2) is 0 Å². The zero-order valence-electron chi connectivity index (χ0n) is 7.45. The maximum Gasteiger partial charge on any atom is 0.154 e. The van der Waals surface area contributed by atoms with Crippen molar-refractivity contribution in [2.75, 3.05) is 13.1 Å². The maximum atomic E-state index is 11.0. The number of carbonyl (C=O) groups is 2. The Morgan fingerprint density at radius 3 is 2.33 bits per heavy atom. The van der Waals surface area contributed by atoms with Gasteiger partial charge in [0.15, 0.2) is 5.78 Å². The summed E-state index contributed by atoms with van der Waals surface area (Å²) < 4.78 is 0. The molecule has 1 rings (SSSR count). The largest absolute Gasteiger partial charge is 0.301 e. The molecule has 0 aromatic carbocycles. The first kappa shape index (κ1) is 9.39. The lowest BCUT2D eigenvalue weighted by Gasteiger charge is -2.29. The fourth-order valence-electron chi connectivity index (χ4n) is 1.64. The molecule has 1 saturated heterocycles. The Morgan fingerprint density at radius 2 is 1.92 bits per heavy atom. The average molecular weight is 169 g/mol. The Bertz CT molecular complexity index is 173. The van der Waals surface area contributed by atoms with Crippen LogP contribution in [-0.4, -0.2) is 36.1 Å². The van der Waals surface area contributed by atoms with Crippen molar-refractivity contribution in [2.24, 2.45) is 0 Å². The van der Waals surface area contributed by atoms with Crippen molar-refractivity contribution in [3.63, 3.8) is 0 Å². The number of ketones is 1. The van der Waals surface area contributed by atoms with Crippen molar-refractivity contribution in [3.05, 3.63) is 0 Å². The van der Waals surface area contributed by atoms with Crippen LogP contribution in [0, 0.1) is 0 Å². The third-order valence-electron chi connectivity index (χ3n) is 2.33. The van der Waals surface area contributed by atoms with Crippen LogP contribution in [0.3, 0.4) is 0 Å². The van der Waals surface area contributed by atoms with Gasteiger partial charge in [-0.1, -0.05) is 6.42 Å². The fourth-order valence-corrected chi connectivity index (χ4v) is 1.64. The number of piperidine rings is 1. The standard InChI is InChI=1S/C9H15NO2/c1-8(12)9(7-11)10-5-3-2-4-6-10/h7,9H,2-6H2,1H3. The highest BCUT2D eigenvalue weighted by atomic mass is 16.1. The topological polar surface area (TPSA) is 37.4 Å². The van der Waals surface area contributed by atoms with E-state index in [2.05, 4.69) is 0 Å². The van der Waals surface area contributed by atoms with E-state index in [1.54, 1.807) is 0 Å². The molecule has 12 heavy (non-hydrogen) atoms. The monoisotopic (exact) mass is 169 g/mol. The minimum atomic E-state index is -0.481. The predicted molar refractivity (Wildman–Crippen MR) is 46.0 cm³/mol. The van der Waals surface area contributed by atoms with Crippen LogP contribution < -0.4 is 0 Å². The summed E-state index contributed by atoms with van der Waals surface area (Å²) >= 11 is 0. The van der Waals surface area contributed by atoms with Gasteiger partial charge in [0.2, 0.25) is 0 Å². The number of hydrogen-bond acceptors (Lipinski definition) is 3. The van der Waals surface area contributed by atoms with E-state index in [4.69, 9.17) is 0 Å². The van der Waals surface area contributed by atoms with Gasteiger partial charge in [-0.2, -0.15) is 0 Å². The van der Waals surface area contributed by atoms with Crippen LogP contribution in [0.5, 0.6) is 0 Å². The maximum absolute atomic E-state index is 11.0. The average Bonchev–Trinajstić information content (AvgIpc) is 2.07. The van der Waals surface area contributed by atoms with Gasteiger partial charge in [0.25, 0.3) is 0 Å². The first-order valence-electron chi connectivity index (χ1n) is 4.45. The molecule has 0 aromatic heterocycles. The van der Waals surface area contributed by atoms with Crippen molar-refractivity contribution in [3.8, 4) is 0 Å². The van der Waals surface area contributed by atoms with Gasteiger partial charge < -0.3 is 4.79 Å². The molecule has 68 valence electrons. The molecule has 0 N–H and O–H groups in total. The molecular formula is C9H15NO2. The number of Topliss-reactive ketones (excluding diaryl/α,β-unsaturated/α-hetero) is 1. The molecule has 0 amide bonds. The molecule has 0 aromatic rings. The quantitative estimate of drug-likeness (QED) is 0.459. The Kier molecular flexibility index (Phi) is 3.41.